The molecule has 2 atom stereocenters. The Bertz CT molecular complexity index is 436. The van der Waals surface area contributed by atoms with Crippen molar-refractivity contribution in [1.29, 1.82) is 0 Å². The largest absolute Gasteiger partial charge is 0.324 e. The van der Waals surface area contributed by atoms with Gasteiger partial charge in [-0.15, -0.1) is 0 Å². The molecule has 1 heterocycles. The fraction of sp³-hybridized carbons (Fsp3) is 0.700. The van der Waals surface area contributed by atoms with Crippen LogP contribution in [0.3, 0.4) is 0 Å². The summed E-state index contributed by atoms with van der Waals surface area (Å²) in [6, 6.07) is 9.75. The maximum absolute atomic E-state index is 6.30. The van der Waals surface area contributed by atoms with Gasteiger partial charge < -0.3 is 5.73 Å². The summed E-state index contributed by atoms with van der Waals surface area (Å²) < 4.78 is 0. The molecular weight excluding hydrogens is 268 g/mol. The minimum absolute atomic E-state index is 0.0451. The van der Waals surface area contributed by atoms with Crippen molar-refractivity contribution in [3.05, 3.63) is 35.4 Å². The number of likely N-dealkylation sites (tertiary alicyclic amines) is 1. The van der Waals surface area contributed by atoms with Gasteiger partial charge in [0.05, 0.1) is 0 Å². The van der Waals surface area contributed by atoms with Gasteiger partial charge in [0.25, 0.3) is 0 Å². The molecule has 2 rings (SSSR count). The molecule has 2 heteroatoms. The van der Waals surface area contributed by atoms with E-state index in [2.05, 4.69) is 50.1 Å². The summed E-state index contributed by atoms with van der Waals surface area (Å²) in [4.78, 5) is 2.39. The second-order valence-electron chi connectivity index (χ2n) is 7.55. The minimum Gasteiger partial charge on any atom is -0.324 e. The van der Waals surface area contributed by atoms with E-state index in [9.17, 15) is 0 Å². The van der Waals surface area contributed by atoms with E-state index in [1.807, 2.05) is 0 Å². The molecule has 2 unspecified atom stereocenters. The maximum Gasteiger partial charge on any atom is 0.0363 e. The molecule has 124 valence electrons. The van der Waals surface area contributed by atoms with Gasteiger partial charge in [-0.1, -0.05) is 63.3 Å². The summed E-state index contributed by atoms with van der Waals surface area (Å²) in [5.41, 5.74) is 9.16. The van der Waals surface area contributed by atoms with Crippen molar-refractivity contribution in [3.63, 3.8) is 0 Å². The third kappa shape index (κ3) is 5.10. The Balaban J connectivity index is 1.78. The lowest BCUT2D eigenvalue weighted by Gasteiger charge is -2.19. The molecule has 1 aliphatic heterocycles. The zero-order valence-electron chi connectivity index (χ0n) is 14.8. The van der Waals surface area contributed by atoms with Crippen molar-refractivity contribution in [1.82, 2.24) is 4.90 Å². The zero-order chi connectivity index (χ0) is 16.0. The monoisotopic (exact) mass is 302 g/mol. The number of hydrogen-bond acceptors (Lipinski definition) is 2. The standard InChI is InChI=1S/C20H34N2/c1-4-5-6-7-8-9-10-17-11-13-18(14-12-17)19-15-20(2,21)16-22(19)3/h11-14,19H,4-10,15-16,21H2,1-3H3. The predicted molar refractivity (Wildman–Crippen MR) is 96.1 cm³/mol. The first kappa shape index (κ1) is 17.5. The lowest BCUT2D eigenvalue weighted by Crippen LogP contribution is -2.38. The third-order valence-electron chi connectivity index (χ3n) is 4.99. The minimum atomic E-state index is -0.0451. The Labute approximate surface area is 137 Å². The number of nitrogens with zero attached hydrogens (tertiary/aromatic N) is 1. The average molecular weight is 303 g/mol. The zero-order valence-corrected chi connectivity index (χ0v) is 14.8. The first-order chi connectivity index (χ1) is 10.5. The smallest absolute Gasteiger partial charge is 0.0363 e. The summed E-state index contributed by atoms with van der Waals surface area (Å²) >= 11 is 0. The summed E-state index contributed by atoms with van der Waals surface area (Å²) in [6.07, 6.45) is 10.5. The van der Waals surface area contributed by atoms with Crippen molar-refractivity contribution < 1.29 is 0 Å². The van der Waals surface area contributed by atoms with Gasteiger partial charge in [-0.2, -0.15) is 0 Å². The van der Waals surface area contributed by atoms with Gasteiger partial charge >= 0.3 is 0 Å². The molecule has 0 radical (unpaired) electrons. The van der Waals surface area contributed by atoms with E-state index < -0.39 is 0 Å². The predicted octanol–water partition coefficient (Wildman–Crippen LogP) is 4.68. The number of unbranched alkanes of at least 4 members (excludes halogenated alkanes) is 5. The van der Waals surface area contributed by atoms with Crippen LogP contribution >= 0.6 is 0 Å². The molecule has 0 aromatic heterocycles. The second-order valence-corrected chi connectivity index (χ2v) is 7.55. The molecule has 1 aromatic carbocycles. The van der Waals surface area contributed by atoms with Crippen molar-refractivity contribution in [2.45, 2.75) is 76.8 Å². The van der Waals surface area contributed by atoms with Crippen molar-refractivity contribution >= 4 is 0 Å². The van der Waals surface area contributed by atoms with Gasteiger partial charge in [0.1, 0.15) is 0 Å². The summed E-state index contributed by atoms with van der Waals surface area (Å²) in [5, 5.41) is 0. The highest BCUT2D eigenvalue weighted by Crippen LogP contribution is 2.35. The molecule has 0 aliphatic carbocycles. The molecule has 2 nitrogen and oxygen atoms in total. The van der Waals surface area contributed by atoms with E-state index >= 15 is 0 Å². The normalized spacial score (nSPS) is 25.7. The highest BCUT2D eigenvalue weighted by Gasteiger charge is 2.36. The molecular formula is C20H34N2. The molecule has 2 N–H and O–H groups in total. The third-order valence-corrected chi connectivity index (χ3v) is 4.99. The van der Waals surface area contributed by atoms with Crippen LogP contribution in [-0.4, -0.2) is 24.0 Å². The van der Waals surface area contributed by atoms with E-state index in [1.54, 1.807) is 0 Å². The Kier molecular flexibility index (Phi) is 6.46. The topological polar surface area (TPSA) is 29.3 Å². The molecule has 0 amide bonds. The van der Waals surface area contributed by atoms with E-state index in [0.717, 1.165) is 13.0 Å². The second kappa shape index (κ2) is 8.12. The first-order valence-electron chi connectivity index (χ1n) is 9.10. The summed E-state index contributed by atoms with van der Waals surface area (Å²) in [6.45, 7) is 5.42. The fourth-order valence-electron chi connectivity index (χ4n) is 3.73. The van der Waals surface area contributed by atoms with E-state index in [-0.39, 0.29) is 5.54 Å². The van der Waals surface area contributed by atoms with Gasteiger partial charge in [0, 0.05) is 18.1 Å². The van der Waals surface area contributed by atoms with Crippen molar-refractivity contribution in [2.24, 2.45) is 5.73 Å². The highest BCUT2D eigenvalue weighted by atomic mass is 15.2. The molecule has 22 heavy (non-hydrogen) atoms. The van der Waals surface area contributed by atoms with Crippen LogP contribution < -0.4 is 5.73 Å². The van der Waals surface area contributed by atoms with Crippen LogP contribution in [0.4, 0.5) is 0 Å². The van der Waals surface area contributed by atoms with Gasteiger partial charge in [-0.25, -0.2) is 0 Å². The first-order valence-corrected chi connectivity index (χ1v) is 9.10. The van der Waals surface area contributed by atoms with Crippen molar-refractivity contribution in [3.8, 4) is 0 Å². The Hall–Kier alpha value is -0.860. The molecule has 1 aromatic rings. The molecule has 1 aliphatic rings. The fourth-order valence-corrected chi connectivity index (χ4v) is 3.73. The van der Waals surface area contributed by atoms with Crippen LogP contribution in [0.2, 0.25) is 0 Å². The Morgan fingerprint density at radius 1 is 1.09 bits per heavy atom. The quantitative estimate of drug-likeness (QED) is 0.706. The van der Waals surface area contributed by atoms with Gasteiger partial charge in [-0.05, 0) is 44.4 Å². The average Bonchev–Trinajstić information content (AvgIpc) is 2.76. The molecule has 0 bridgehead atoms. The lowest BCUT2D eigenvalue weighted by atomic mass is 9.95. The number of nitrogens with two attached hydrogens (primary N) is 1. The van der Waals surface area contributed by atoms with Crippen molar-refractivity contribution in [2.75, 3.05) is 13.6 Å². The molecule has 0 saturated carbocycles. The highest BCUT2D eigenvalue weighted by molar-refractivity contribution is 5.27. The Morgan fingerprint density at radius 2 is 1.73 bits per heavy atom. The number of hydrogen-bond donors (Lipinski definition) is 1. The Morgan fingerprint density at radius 3 is 2.32 bits per heavy atom. The van der Waals surface area contributed by atoms with Crippen LogP contribution in [0.1, 0.15) is 76.0 Å². The summed E-state index contributed by atoms with van der Waals surface area (Å²) in [7, 11) is 2.19. The number of rotatable bonds is 8. The SMILES string of the molecule is CCCCCCCCc1ccc(C2CC(C)(N)CN2C)cc1. The summed E-state index contributed by atoms with van der Waals surface area (Å²) in [5.74, 6) is 0. The van der Waals surface area contributed by atoms with E-state index in [4.69, 9.17) is 5.73 Å². The van der Waals surface area contributed by atoms with E-state index in [0.29, 0.717) is 6.04 Å². The maximum atomic E-state index is 6.30. The van der Waals surface area contributed by atoms with Gasteiger partial charge in [0.15, 0.2) is 0 Å². The van der Waals surface area contributed by atoms with Crippen LogP contribution in [0.15, 0.2) is 24.3 Å². The van der Waals surface area contributed by atoms with Crippen LogP contribution in [-0.2, 0) is 6.42 Å². The molecule has 1 fully saturated rings. The molecule has 0 spiro atoms. The van der Waals surface area contributed by atoms with Crippen LogP contribution in [0, 0.1) is 0 Å². The van der Waals surface area contributed by atoms with Gasteiger partial charge in [-0.3, -0.25) is 4.90 Å². The number of aryl methyl sites for hydroxylation is 1. The van der Waals surface area contributed by atoms with Gasteiger partial charge in [0.2, 0.25) is 0 Å². The lowest BCUT2D eigenvalue weighted by molar-refractivity contribution is 0.311. The number of likely N-dealkylation sites (N-methyl/N-ethyl adjacent to an activating group) is 1. The van der Waals surface area contributed by atoms with Crippen LogP contribution in [0.25, 0.3) is 0 Å². The molecule has 1 saturated heterocycles. The van der Waals surface area contributed by atoms with Crippen LogP contribution in [0.5, 0.6) is 0 Å². The number of benzene rings is 1. The van der Waals surface area contributed by atoms with E-state index in [1.165, 1.54) is 56.1 Å².